The predicted octanol–water partition coefficient (Wildman–Crippen LogP) is 6.87. The van der Waals surface area contributed by atoms with E-state index in [1.807, 2.05) is 12.1 Å². The van der Waals surface area contributed by atoms with E-state index in [9.17, 15) is 50.4 Å². The van der Waals surface area contributed by atoms with Crippen LogP contribution in [-0.4, -0.2) is 176 Å². The molecule has 2 aliphatic heterocycles. The molecule has 0 saturated carbocycles. The van der Waals surface area contributed by atoms with Gasteiger partial charge in [0.25, 0.3) is 0 Å². The molecule has 2 aromatic rings. The van der Waals surface area contributed by atoms with Crippen LogP contribution in [0, 0.1) is 0 Å². The van der Waals surface area contributed by atoms with Gasteiger partial charge in [0.1, 0.15) is 0 Å². The summed E-state index contributed by atoms with van der Waals surface area (Å²) in [7, 11) is -8.11. The Balaban J connectivity index is -0.000000198. The Bertz CT molecular complexity index is 1150. The molecule has 0 unspecified atom stereocenters. The van der Waals surface area contributed by atoms with Gasteiger partial charge in [-0.1, -0.05) is 60.7 Å². The Kier molecular flexibility index (Phi) is 31.1. The minimum atomic E-state index is -10.7. The molecule has 0 aromatic heterocycles. The van der Waals surface area contributed by atoms with Gasteiger partial charge < -0.3 is 55.3 Å². The molecular formula is C32H60F12Mn2N6O5P2+4. The molecular weight excluding hydrogens is 948 g/mol. The van der Waals surface area contributed by atoms with Gasteiger partial charge in [0.2, 0.25) is 0 Å². The summed E-state index contributed by atoms with van der Waals surface area (Å²) < 4.78 is 118. The smallest absolute Gasteiger partial charge is 0.412 e. The monoisotopic (exact) mass is 1010 g/mol. The first-order valence-corrected chi connectivity index (χ1v) is 21.0. The molecule has 0 bridgehead atoms. The van der Waals surface area contributed by atoms with Gasteiger partial charge >= 0.3 is 100 Å². The van der Waals surface area contributed by atoms with Crippen LogP contribution in [0.5, 0.6) is 0 Å². The number of benzene rings is 2. The van der Waals surface area contributed by atoms with Crippen molar-refractivity contribution in [2.75, 3.05) is 121 Å². The minimum absolute atomic E-state index is 0. The summed E-state index contributed by atoms with van der Waals surface area (Å²) in [4.78, 5) is 14.4. The standard InChI is InChI=1S/2C9H21N3.2C7H8O2.2F6P.2Mn.H2O/c2*1-10-4-6-11(2)8-9-12(3)7-5-10;2*8-7(9)6-4-2-1-3-5-6;2*1-7(2,3,4,5)6;;;/h2*4-9H2,1-3H3;2*1-5,7-9H;;;;;1H2/q;;;;2*-1;2*+3;. The third kappa shape index (κ3) is 61.4. The average Bonchev–Trinajstić information content (AvgIpc) is 3.16. The first-order chi connectivity index (χ1) is 24.9. The number of aliphatic hydroxyl groups excluding tert-OH is 2. The first-order valence-electron chi connectivity index (χ1n) is 16.9. The summed E-state index contributed by atoms with van der Waals surface area (Å²) in [5.74, 6) is 0. The molecule has 2 fully saturated rings. The molecule has 4 rings (SSSR count). The van der Waals surface area contributed by atoms with Crippen molar-refractivity contribution >= 4 is 15.6 Å². The molecule has 27 heteroatoms. The Labute approximate surface area is 359 Å². The number of halogens is 12. The third-order valence-corrected chi connectivity index (χ3v) is 7.38. The zero-order valence-corrected chi connectivity index (χ0v) is 37.7. The first kappa shape index (κ1) is 67.1. The third-order valence-electron chi connectivity index (χ3n) is 7.38. The van der Waals surface area contributed by atoms with Gasteiger partial charge in [0, 0.05) is 89.7 Å². The van der Waals surface area contributed by atoms with Crippen LogP contribution < -0.4 is 0 Å². The van der Waals surface area contributed by atoms with Crippen molar-refractivity contribution in [3.63, 3.8) is 0 Å². The van der Waals surface area contributed by atoms with Crippen molar-refractivity contribution in [2.45, 2.75) is 12.6 Å². The SMILES string of the molecule is CN1CCN(C)CCN(C)CC1.CN1CCN(C)CCN(C)CC1.F[P-](F)(F)(F)(F)F.F[P-](F)(F)(F)(F)F.O.OC(O)c1ccccc1.OC(O)c1ccccc1.[Mn+3].[Mn+3]. The van der Waals surface area contributed by atoms with Crippen molar-refractivity contribution in [3.05, 3.63) is 71.8 Å². The van der Waals surface area contributed by atoms with Gasteiger partial charge in [-0.05, 0) is 42.3 Å². The molecule has 2 aliphatic rings. The number of hydrogen-bond donors (Lipinski definition) is 4. The molecule has 0 aliphatic carbocycles. The van der Waals surface area contributed by atoms with Crippen LogP contribution in [0.15, 0.2) is 60.7 Å². The van der Waals surface area contributed by atoms with Crippen molar-refractivity contribution in [1.29, 1.82) is 0 Å². The van der Waals surface area contributed by atoms with Crippen LogP contribution in [0.1, 0.15) is 23.7 Å². The summed E-state index contributed by atoms with van der Waals surface area (Å²) in [6.07, 6.45) is -2.68. The second-order valence-electron chi connectivity index (χ2n) is 13.3. The van der Waals surface area contributed by atoms with E-state index in [1.165, 1.54) is 78.5 Å². The van der Waals surface area contributed by atoms with E-state index in [4.69, 9.17) is 20.4 Å². The molecule has 0 amide bonds. The molecule has 0 atom stereocenters. The molecule has 11 nitrogen and oxygen atoms in total. The second-order valence-corrected chi connectivity index (χ2v) is 17.1. The fraction of sp³-hybridized carbons (Fsp3) is 0.625. The van der Waals surface area contributed by atoms with Crippen LogP contribution in [0.2, 0.25) is 0 Å². The number of rotatable bonds is 2. The van der Waals surface area contributed by atoms with E-state index in [0.29, 0.717) is 11.1 Å². The fourth-order valence-corrected chi connectivity index (χ4v) is 3.97. The zero-order chi connectivity index (χ0) is 44.1. The topological polar surface area (TPSA) is 132 Å². The Morgan fingerprint density at radius 2 is 0.475 bits per heavy atom. The Morgan fingerprint density at radius 3 is 0.559 bits per heavy atom. The molecule has 0 spiro atoms. The number of aliphatic hydroxyl groups is 4. The number of hydrogen-bond acceptors (Lipinski definition) is 10. The summed E-state index contributed by atoms with van der Waals surface area (Å²) in [6.45, 7) is 14.4. The van der Waals surface area contributed by atoms with E-state index in [-0.39, 0.29) is 39.6 Å². The number of nitrogens with zero attached hydrogens (tertiary/aromatic N) is 6. The summed E-state index contributed by atoms with van der Waals surface area (Å²) >= 11 is 0. The molecule has 2 saturated heterocycles. The van der Waals surface area contributed by atoms with Crippen LogP contribution in [0.4, 0.5) is 50.4 Å². The normalized spacial score (nSPS) is 19.3. The van der Waals surface area contributed by atoms with Gasteiger partial charge in [0.15, 0.2) is 12.6 Å². The molecule has 352 valence electrons. The van der Waals surface area contributed by atoms with E-state index in [0.717, 1.165) is 0 Å². The van der Waals surface area contributed by atoms with Crippen LogP contribution >= 0.6 is 15.6 Å². The van der Waals surface area contributed by atoms with Gasteiger partial charge in [-0.15, -0.1) is 0 Å². The predicted molar refractivity (Wildman–Crippen MR) is 203 cm³/mol. The van der Waals surface area contributed by atoms with Crippen LogP contribution in [0.25, 0.3) is 0 Å². The van der Waals surface area contributed by atoms with Gasteiger partial charge in [0.05, 0.1) is 0 Å². The average molecular weight is 1010 g/mol. The maximum absolute atomic E-state index is 10.7. The summed E-state index contributed by atoms with van der Waals surface area (Å²) in [5, 5.41) is 34.3. The van der Waals surface area contributed by atoms with E-state index < -0.39 is 28.2 Å². The second kappa shape index (κ2) is 27.3. The van der Waals surface area contributed by atoms with E-state index in [2.05, 4.69) is 71.7 Å². The largest absolute Gasteiger partial charge is 3.00 e. The van der Waals surface area contributed by atoms with E-state index in [1.54, 1.807) is 48.5 Å². The summed E-state index contributed by atoms with van der Waals surface area (Å²) in [6, 6.07) is 17.3. The van der Waals surface area contributed by atoms with Crippen molar-refractivity contribution in [3.8, 4) is 0 Å². The quantitative estimate of drug-likeness (QED) is 0.110. The van der Waals surface area contributed by atoms with E-state index >= 15 is 0 Å². The molecule has 6 N–H and O–H groups in total. The maximum Gasteiger partial charge on any atom is 3.00 e. The van der Waals surface area contributed by atoms with Crippen LogP contribution in [-0.2, 0) is 34.1 Å². The van der Waals surface area contributed by atoms with Crippen molar-refractivity contribution in [1.82, 2.24) is 29.4 Å². The van der Waals surface area contributed by atoms with Gasteiger partial charge in [-0.25, -0.2) is 0 Å². The fourth-order valence-electron chi connectivity index (χ4n) is 3.97. The van der Waals surface area contributed by atoms with Crippen LogP contribution in [0.3, 0.4) is 0 Å². The molecule has 59 heavy (non-hydrogen) atoms. The zero-order valence-electron chi connectivity index (χ0n) is 33.6. The maximum atomic E-state index is 9.87. The van der Waals surface area contributed by atoms with Gasteiger partial charge in [-0.2, -0.15) is 0 Å². The Morgan fingerprint density at radius 1 is 0.356 bits per heavy atom. The minimum Gasteiger partial charge on any atom is -0.412 e. The molecule has 2 heterocycles. The van der Waals surface area contributed by atoms with Gasteiger partial charge in [-0.3, -0.25) is 0 Å². The molecule has 2 aromatic carbocycles. The van der Waals surface area contributed by atoms with Crippen molar-refractivity contribution in [2.24, 2.45) is 0 Å². The summed E-state index contributed by atoms with van der Waals surface area (Å²) in [5.41, 5.74) is 1.05. The van der Waals surface area contributed by atoms with Crippen molar-refractivity contribution < 1.29 is 110 Å². The number of likely N-dealkylation sites (N-methyl/N-ethyl adjacent to an activating group) is 6. The molecule has 0 radical (unpaired) electrons. The Hall–Kier alpha value is -0.941.